The van der Waals surface area contributed by atoms with Crippen LogP contribution < -0.4 is 10.2 Å². The van der Waals surface area contributed by atoms with Gasteiger partial charge in [-0.05, 0) is 53.4 Å². The van der Waals surface area contributed by atoms with Crippen LogP contribution in [0.25, 0.3) is 16.8 Å². The van der Waals surface area contributed by atoms with E-state index in [0.29, 0.717) is 30.1 Å². The maximum atomic E-state index is 12.1. The highest BCUT2D eigenvalue weighted by molar-refractivity contribution is 5.94. The van der Waals surface area contributed by atoms with E-state index in [1.165, 1.54) is 0 Å². The standard InChI is InChI=1S/C28H30N2O5/c1-4-26(29-35-17-16-34-25-7-5-6-20(18-25)19-27(31)32)23-12-8-21(9-13-23)22-10-14-24(15-11-22)28(33)30(2)3/h4-15,18,29H,16-17,19H2,1-3H3,(H,31,32). The average molecular weight is 475 g/mol. The van der Waals surface area contributed by atoms with Gasteiger partial charge in [0.1, 0.15) is 19.0 Å². The van der Waals surface area contributed by atoms with Crippen LogP contribution in [0.2, 0.25) is 0 Å². The Morgan fingerprint density at radius 3 is 2.11 bits per heavy atom. The highest BCUT2D eigenvalue weighted by atomic mass is 16.7. The molecule has 2 N–H and O–H groups in total. The molecule has 0 radical (unpaired) electrons. The van der Waals surface area contributed by atoms with E-state index >= 15 is 0 Å². The van der Waals surface area contributed by atoms with E-state index in [1.807, 2.05) is 61.5 Å². The zero-order chi connectivity index (χ0) is 25.2. The fourth-order valence-electron chi connectivity index (χ4n) is 3.44. The number of carbonyl (C=O) groups is 2. The van der Waals surface area contributed by atoms with E-state index in [4.69, 9.17) is 14.7 Å². The van der Waals surface area contributed by atoms with Crippen molar-refractivity contribution in [3.8, 4) is 16.9 Å². The van der Waals surface area contributed by atoms with E-state index in [-0.39, 0.29) is 12.3 Å². The number of hydroxylamine groups is 1. The van der Waals surface area contributed by atoms with Crippen molar-refractivity contribution in [3.05, 3.63) is 95.6 Å². The van der Waals surface area contributed by atoms with Crippen LogP contribution in [0.4, 0.5) is 0 Å². The number of amides is 1. The molecule has 0 fully saturated rings. The number of benzene rings is 3. The summed E-state index contributed by atoms with van der Waals surface area (Å²) in [6.45, 7) is 2.53. The number of allylic oxidation sites excluding steroid dienone is 1. The van der Waals surface area contributed by atoms with Crippen molar-refractivity contribution in [1.29, 1.82) is 0 Å². The SMILES string of the molecule is CC=C(NOCCOc1cccc(CC(=O)O)c1)c1ccc(-c2ccc(C(=O)N(C)C)cc2)cc1. The predicted octanol–water partition coefficient (Wildman–Crippen LogP) is 4.64. The Morgan fingerprint density at radius 1 is 0.914 bits per heavy atom. The molecule has 0 saturated carbocycles. The largest absolute Gasteiger partial charge is 0.491 e. The molecule has 3 rings (SSSR count). The number of carboxylic acid groups (broad SMARTS) is 1. The Morgan fingerprint density at radius 2 is 1.54 bits per heavy atom. The summed E-state index contributed by atoms with van der Waals surface area (Å²) < 4.78 is 5.65. The average Bonchev–Trinajstić information content (AvgIpc) is 2.86. The lowest BCUT2D eigenvalue weighted by molar-refractivity contribution is -0.136. The van der Waals surface area contributed by atoms with Gasteiger partial charge < -0.3 is 14.7 Å². The maximum absolute atomic E-state index is 12.1. The summed E-state index contributed by atoms with van der Waals surface area (Å²) in [7, 11) is 3.47. The number of hydrogen-bond donors (Lipinski definition) is 2. The number of carboxylic acids is 1. The van der Waals surface area contributed by atoms with Crippen LogP contribution >= 0.6 is 0 Å². The van der Waals surface area contributed by atoms with E-state index in [2.05, 4.69) is 5.48 Å². The molecule has 0 aliphatic rings. The molecule has 0 aliphatic heterocycles. The molecule has 7 heteroatoms. The van der Waals surface area contributed by atoms with Crippen molar-refractivity contribution in [2.75, 3.05) is 27.3 Å². The van der Waals surface area contributed by atoms with Crippen molar-refractivity contribution in [1.82, 2.24) is 10.4 Å². The summed E-state index contributed by atoms with van der Waals surface area (Å²) in [5.41, 5.74) is 8.18. The van der Waals surface area contributed by atoms with Gasteiger partial charge in [-0.2, -0.15) is 0 Å². The summed E-state index contributed by atoms with van der Waals surface area (Å²) in [6, 6.07) is 22.6. The summed E-state index contributed by atoms with van der Waals surface area (Å²) >= 11 is 0. The number of ether oxygens (including phenoxy) is 1. The minimum atomic E-state index is -0.879. The highest BCUT2D eigenvalue weighted by Gasteiger charge is 2.08. The lowest BCUT2D eigenvalue weighted by atomic mass is 10.0. The summed E-state index contributed by atoms with van der Waals surface area (Å²) in [6.07, 6.45) is 1.88. The summed E-state index contributed by atoms with van der Waals surface area (Å²) in [5, 5.41) is 8.90. The van der Waals surface area contributed by atoms with Gasteiger partial charge in [0.25, 0.3) is 5.91 Å². The molecule has 0 spiro atoms. The Balaban J connectivity index is 1.50. The second kappa shape index (κ2) is 12.4. The normalized spacial score (nSPS) is 11.1. The Bertz CT molecular complexity index is 1170. The van der Waals surface area contributed by atoms with Crippen molar-refractivity contribution >= 4 is 17.6 Å². The first kappa shape index (κ1) is 25.5. The molecule has 3 aromatic rings. The molecule has 0 bridgehead atoms. The number of aliphatic carboxylic acids is 1. The molecule has 0 atom stereocenters. The van der Waals surface area contributed by atoms with Crippen LogP contribution in [-0.2, 0) is 16.1 Å². The van der Waals surface area contributed by atoms with Gasteiger partial charge in [-0.1, -0.05) is 54.6 Å². The number of hydrogen-bond acceptors (Lipinski definition) is 5. The van der Waals surface area contributed by atoms with Gasteiger partial charge in [0, 0.05) is 19.7 Å². The molecular weight excluding hydrogens is 444 g/mol. The number of carbonyl (C=O) groups excluding carboxylic acids is 1. The first-order chi connectivity index (χ1) is 16.9. The second-order valence-electron chi connectivity index (χ2n) is 8.07. The van der Waals surface area contributed by atoms with Crippen LogP contribution in [0.1, 0.15) is 28.4 Å². The van der Waals surface area contributed by atoms with Crippen molar-refractivity contribution < 1.29 is 24.3 Å². The van der Waals surface area contributed by atoms with Gasteiger partial charge in [0.05, 0.1) is 12.1 Å². The van der Waals surface area contributed by atoms with Gasteiger partial charge in [-0.15, -0.1) is 0 Å². The van der Waals surface area contributed by atoms with E-state index in [0.717, 1.165) is 22.4 Å². The maximum Gasteiger partial charge on any atom is 0.307 e. The fourth-order valence-corrected chi connectivity index (χ4v) is 3.44. The van der Waals surface area contributed by atoms with Crippen LogP contribution in [-0.4, -0.2) is 49.2 Å². The third-order valence-corrected chi connectivity index (χ3v) is 5.25. The molecular formula is C28H30N2O5. The fraction of sp³-hybridized carbons (Fsp3) is 0.214. The van der Waals surface area contributed by atoms with E-state index in [9.17, 15) is 9.59 Å². The minimum absolute atomic E-state index is 0.0206. The van der Waals surface area contributed by atoms with E-state index in [1.54, 1.807) is 43.3 Å². The second-order valence-corrected chi connectivity index (χ2v) is 8.07. The van der Waals surface area contributed by atoms with Crippen molar-refractivity contribution in [3.63, 3.8) is 0 Å². The van der Waals surface area contributed by atoms with Crippen LogP contribution in [0.3, 0.4) is 0 Å². The van der Waals surface area contributed by atoms with Crippen LogP contribution in [0.15, 0.2) is 78.9 Å². The smallest absolute Gasteiger partial charge is 0.307 e. The molecule has 0 heterocycles. The zero-order valence-electron chi connectivity index (χ0n) is 20.2. The predicted molar refractivity (Wildman–Crippen MR) is 136 cm³/mol. The van der Waals surface area contributed by atoms with Gasteiger partial charge in [0.2, 0.25) is 0 Å². The topological polar surface area (TPSA) is 88.1 Å². The van der Waals surface area contributed by atoms with Crippen LogP contribution in [0, 0.1) is 0 Å². The zero-order valence-corrected chi connectivity index (χ0v) is 20.2. The monoisotopic (exact) mass is 474 g/mol. The van der Waals surface area contributed by atoms with Crippen LogP contribution in [0.5, 0.6) is 5.75 Å². The minimum Gasteiger partial charge on any atom is -0.491 e. The molecule has 0 aromatic heterocycles. The first-order valence-electron chi connectivity index (χ1n) is 11.3. The van der Waals surface area contributed by atoms with Gasteiger partial charge in [0.15, 0.2) is 0 Å². The molecule has 182 valence electrons. The number of nitrogens with zero attached hydrogens (tertiary/aromatic N) is 1. The molecule has 0 unspecified atom stereocenters. The quantitative estimate of drug-likeness (QED) is 0.311. The third kappa shape index (κ3) is 7.45. The molecule has 0 saturated heterocycles. The summed E-state index contributed by atoms with van der Waals surface area (Å²) in [4.78, 5) is 30.0. The molecule has 0 aliphatic carbocycles. The lowest BCUT2D eigenvalue weighted by Crippen LogP contribution is -2.21. The first-order valence-corrected chi connectivity index (χ1v) is 11.3. The van der Waals surface area contributed by atoms with Crippen molar-refractivity contribution in [2.45, 2.75) is 13.3 Å². The molecule has 7 nitrogen and oxygen atoms in total. The third-order valence-electron chi connectivity index (χ3n) is 5.25. The van der Waals surface area contributed by atoms with Gasteiger partial charge in [-0.25, -0.2) is 0 Å². The Hall–Kier alpha value is -4.10. The van der Waals surface area contributed by atoms with Gasteiger partial charge in [-0.3, -0.25) is 19.9 Å². The Labute approximate surface area is 205 Å². The Kier molecular flexibility index (Phi) is 9.03. The molecule has 1 amide bonds. The molecule has 35 heavy (non-hydrogen) atoms. The molecule has 3 aromatic carbocycles. The highest BCUT2D eigenvalue weighted by Crippen LogP contribution is 2.23. The number of rotatable bonds is 11. The van der Waals surface area contributed by atoms with Gasteiger partial charge >= 0.3 is 5.97 Å². The summed E-state index contributed by atoms with van der Waals surface area (Å²) in [5.74, 6) is -0.294. The van der Waals surface area contributed by atoms with Crippen molar-refractivity contribution in [2.24, 2.45) is 0 Å². The lowest BCUT2D eigenvalue weighted by Gasteiger charge is -2.13. The van der Waals surface area contributed by atoms with E-state index < -0.39 is 5.97 Å². The number of nitrogens with one attached hydrogen (secondary N) is 1.